The van der Waals surface area contributed by atoms with Crippen molar-refractivity contribution in [1.82, 2.24) is 9.88 Å². The Hall–Kier alpha value is -0.620. The molecule has 4 nitrogen and oxygen atoms in total. The second kappa shape index (κ2) is 4.27. The van der Waals surface area contributed by atoms with E-state index in [0.717, 1.165) is 41.5 Å². The Morgan fingerprint density at radius 3 is 2.64 bits per heavy atom. The molecule has 1 aliphatic heterocycles. The van der Waals surface area contributed by atoms with E-state index in [-0.39, 0.29) is 0 Å². The van der Waals surface area contributed by atoms with Gasteiger partial charge in [-0.25, -0.2) is 4.98 Å². The van der Waals surface area contributed by atoms with E-state index >= 15 is 0 Å². The molecule has 0 spiro atoms. The van der Waals surface area contributed by atoms with E-state index < -0.39 is 0 Å². The highest BCUT2D eigenvalue weighted by atomic mass is 79.9. The third-order valence-corrected chi connectivity index (χ3v) is 3.74. The molecule has 0 aromatic carbocycles. The van der Waals surface area contributed by atoms with Crippen LogP contribution in [0.15, 0.2) is 9.98 Å². The van der Waals surface area contributed by atoms with Crippen molar-refractivity contribution in [2.75, 3.05) is 31.1 Å². The fourth-order valence-corrected chi connectivity index (χ4v) is 2.64. The van der Waals surface area contributed by atoms with Crippen molar-refractivity contribution in [3.63, 3.8) is 0 Å². The molecule has 1 aliphatic rings. The molecule has 1 aromatic rings. The molecule has 0 radical (unpaired) electrons. The van der Waals surface area contributed by atoms with Gasteiger partial charge in [-0.2, -0.15) is 0 Å². The van der Waals surface area contributed by atoms with Gasteiger partial charge in [0.1, 0.15) is 0 Å². The Balaban J connectivity index is 1.98. The molecule has 1 aromatic heterocycles. The number of aromatic nitrogens is 1. The minimum Gasteiger partial charge on any atom is -0.345 e. The molecular formula is C8H10BrN3OS. The maximum absolute atomic E-state index is 10.5. The van der Waals surface area contributed by atoms with Crippen LogP contribution in [-0.4, -0.2) is 42.5 Å². The van der Waals surface area contributed by atoms with Gasteiger partial charge in [0.2, 0.25) is 6.41 Å². The van der Waals surface area contributed by atoms with E-state index in [1.807, 2.05) is 6.20 Å². The molecule has 1 fully saturated rings. The van der Waals surface area contributed by atoms with Gasteiger partial charge in [-0.05, 0) is 15.9 Å². The summed E-state index contributed by atoms with van der Waals surface area (Å²) in [6, 6.07) is 0. The number of hydrogen-bond donors (Lipinski definition) is 0. The molecule has 0 saturated carbocycles. The van der Waals surface area contributed by atoms with E-state index in [1.165, 1.54) is 0 Å². The average molecular weight is 276 g/mol. The molecule has 2 heterocycles. The molecule has 0 atom stereocenters. The van der Waals surface area contributed by atoms with Gasteiger partial charge in [0, 0.05) is 26.2 Å². The van der Waals surface area contributed by atoms with Gasteiger partial charge in [0.15, 0.2) is 5.13 Å². The van der Waals surface area contributed by atoms with Crippen molar-refractivity contribution in [3.8, 4) is 0 Å². The van der Waals surface area contributed by atoms with E-state index in [2.05, 4.69) is 25.8 Å². The summed E-state index contributed by atoms with van der Waals surface area (Å²) < 4.78 is 1.05. The van der Waals surface area contributed by atoms with Gasteiger partial charge in [-0.3, -0.25) is 4.79 Å². The molecule has 0 bridgehead atoms. The first-order chi connectivity index (χ1) is 6.79. The predicted octanol–water partition coefficient (Wildman–Crippen LogP) is 1.18. The summed E-state index contributed by atoms with van der Waals surface area (Å²) in [7, 11) is 0. The summed E-state index contributed by atoms with van der Waals surface area (Å²) in [5, 5.41) is 1.03. The summed E-state index contributed by atoms with van der Waals surface area (Å²) in [6.07, 6.45) is 2.72. The number of nitrogens with zero attached hydrogens (tertiary/aromatic N) is 3. The molecule has 1 saturated heterocycles. The largest absolute Gasteiger partial charge is 0.345 e. The maximum Gasteiger partial charge on any atom is 0.209 e. The van der Waals surface area contributed by atoms with Gasteiger partial charge in [0.05, 0.1) is 9.98 Å². The molecule has 76 valence electrons. The zero-order valence-corrected chi connectivity index (χ0v) is 9.92. The van der Waals surface area contributed by atoms with Crippen molar-refractivity contribution in [3.05, 3.63) is 9.98 Å². The minimum absolute atomic E-state index is 0.792. The lowest BCUT2D eigenvalue weighted by Gasteiger charge is -2.32. The van der Waals surface area contributed by atoms with Crippen LogP contribution in [0.3, 0.4) is 0 Å². The first-order valence-corrected chi connectivity index (χ1v) is 5.96. The Labute approximate surface area is 94.7 Å². The first kappa shape index (κ1) is 9.92. The molecule has 1 amide bonds. The van der Waals surface area contributed by atoms with E-state index in [4.69, 9.17) is 0 Å². The van der Waals surface area contributed by atoms with Gasteiger partial charge in [0.25, 0.3) is 0 Å². The standard InChI is InChI=1S/C8H10BrN3OS/c9-7-5-10-8(14-7)12-3-1-11(6-13)2-4-12/h5-6H,1-4H2. The van der Waals surface area contributed by atoms with E-state index in [0.29, 0.717) is 0 Å². The summed E-state index contributed by atoms with van der Waals surface area (Å²) in [4.78, 5) is 18.8. The number of amides is 1. The number of carbonyl (C=O) groups is 1. The number of halogens is 1. The smallest absolute Gasteiger partial charge is 0.209 e. The SMILES string of the molecule is O=CN1CCN(c2ncc(Br)s2)CC1. The lowest BCUT2D eigenvalue weighted by atomic mass is 10.3. The highest BCUT2D eigenvalue weighted by Crippen LogP contribution is 2.26. The molecule has 6 heteroatoms. The van der Waals surface area contributed by atoms with Crippen molar-refractivity contribution in [2.45, 2.75) is 0 Å². The minimum atomic E-state index is 0.792. The number of thiazole rings is 1. The highest BCUT2D eigenvalue weighted by molar-refractivity contribution is 9.11. The average Bonchev–Trinajstić information content (AvgIpc) is 2.65. The summed E-state index contributed by atoms with van der Waals surface area (Å²) in [5.41, 5.74) is 0. The van der Waals surface area contributed by atoms with Crippen LogP contribution in [0.25, 0.3) is 0 Å². The topological polar surface area (TPSA) is 36.4 Å². The number of carbonyl (C=O) groups excluding carboxylic acids is 1. The zero-order chi connectivity index (χ0) is 9.97. The normalized spacial score (nSPS) is 17.2. The monoisotopic (exact) mass is 275 g/mol. The molecule has 0 aliphatic carbocycles. The van der Waals surface area contributed by atoms with E-state index in [1.54, 1.807) is 16.2 Å². The summed E-state index contributed by atoms with van der Waals surface area (Å²) in [5.74, 6) is 0. The first-order valence-electron chi connectivity index (χ1n) is 4.35. The second-order valence-electron chi connectivity index (χ2n) is 3.08. The fourth-order valence-electron chi connectivity index (χ4n) is 1.41. The van der Waals surface area contributed by atoms with Crippen LogP contribution < -0.4 is 4.90 Å². The van der Waals surface area contributed by atoms with E-state index in [9.17, 15) is 4.79 Å². The van der Waals surface area contributed by atoms with Crippen molar-refractivity contribution < 1.29 is 4.79 Å². The van der Waals surface area contributed by atoms with Gasteiger partial charge in [-0.15, -0.1) is 0 Å². The molecule has 0 N–H and O–H groups in total. The Morgan fingerprint density at radius 2 is 2.14 bits per heavy atom. The lowest BCUT2D eigenvalue weighted by Crippen LogP contribution is -2.45. The third kappa shape index (κ3) is 2.06. The number of anilines is 1. The highest BCUT2D eigenvalue weighted by Gasteiger charge is 2.17. The Kier molecular flexibility index (Phi) is 3.02. The molecular weight excluding hydrogens is 266 g/mol. The van der Waals surface area contributed by atoms with Crippen molar-refractivity contribution in [1.29, 1.82) is 0 Å². The van der Waals surface area contributed by atoms with Crippen molar-refractivity contribution >= 4 is 38.8 Å². The van der Waals surface area contributed by atoms with Gasteiger partial charge in [-0.1, -0.05) is 11.3 Å². The quantitative estimate of drug-likeness (QED) is 0.761. The van der Waals surface area contributed by atoms with Crippen LogP contribution in [-0.2, 0) is 4.79 Å². The van der Waals surface area contributed by atoms with Crippen LogP contribution in [0.1, 0.15) is 0 Å². The molecule has 0 unspecified atom stereocenters. The second-order valence-corrected chi connectivity index (χ2v) is 5.46. The van der Waals surface area contributed by atoms with Crippen LogP contribution >= 0.6 is 27.3 Å². The number of hydrogen-bond acceptors (Lipinski definition) is 4. The lowest BCUT2D eigenvalue weighted by molar-refractivity contribution is -0.118. The fraction of sp³-hybridized carbons (Fsp3) is 0.500. The molecule has 2 rings (SSSR count). The maximum atomic E-state index is 10.5. The molecule has 14 heavy (non-hydrogen) atoms. The van der Waals surface area contributed by atoms with Crippen LogP contribution in [0, 0.1) is 0 Å². The van der Waals surface area contributed by atoms with Gasteiger partial charge < -0.3 is 9.80 Å². The summed E-state index contributed by atoms with van der Waals surface area (Å²) >= 11 is 5.01. The summed E-state index contributed by atoms with van der Waals surface area (Å²) in [6.45, 7) is 3.33. The zero-order valence-electron chi connectivity index (χ0n) is 7.52. The predicted molar refractivity (Wildman–Crippen MR) is 59.7 cm³/mol. The van der Waals surface area contributed by atoms with Crippen LogP contribution in [0.2, 0.25) is 0 Å². The Morgan fingerprint density at radius 1 is 1.43 bits per heavy atom. The number of piperazine rings is 1. The van der Waals surface area contributed by atoms with Crippen LogP contribution in [0.5, 0.6) is 0 Å². The Bertz CT molecular complexity index is 322. The van der Waals surface area contributed by atoms with Crippen LogP contribution in [0.4, 0.5) is 5.13 Å². The van der Waals surface area contributed by atoms with Gasteiger partial charge >= 0.3 is 0 Å². The van der Waals surface area contributed by atoms with Crippen molar-refractivity contribution in [2.24, 2.45) is 0 Å². The number of rotatable bonds is 2. The third-order valence-electron chi connectivity index (χ3n) is 2.20.